The van der Waals surface area contributed by atoms with E-state index in [0.717, 1.165) is 12.1 Å². The van der Waals surface area contributed by atoms with Gasteiger partial charge in [0.2, 0.25) is 0 Å². The summed E-state index contributed by atoms with van der Waals surface area (Å²) in [6.45, 7) is 4.17. The number of anilines is 1. The predicted octanol–water partition coefficient (Wildman–Crippen LogP) is 4.29. The van der Waals surface area contributed by atoms with Crippen LogP contribution in [0.4, 0.5) is 5.82 Å². The Balaban J connectivity index is 1.62. The summed E-state index contributed by atoms with van der Waals surface area (Å²) in [5.74, 6) is 0.616. The minimum Gasteiger partial charge on any atom is -0.382 e. The first-order valence-electron chi connectivity index (χ1n) is 10.8. The van der Waals surface area contributed by atoms with Crippen LogP contribution in [0.25, 0.3) is 34.0 Å². The third-order valence-electron chi connectivity index (χ3n) is 5.39. The fraction of sp³-hybridized carbons (Fsp3) is 0.240. The van der Waals surface area contributed by atoms with Gasteiger partial charge in [0.25, 0.3) is 0 Å². The van der Waals surface area contributed by atoms with Crippen LogP contribution in [0.15, 0.2) is 70.2 Å². The average Bonchev–Trinajstić information content (AvgIpc) is 3.29. The Bertz CT molecular complexity index is 1390. The Morgan fingerprint density at radius 1 is 0.971 bits per heavy atom. The van der Waals surface area contributed by atoms with Gasteiger partial charge in [-0.1, -0.05) is 41.6 Å². The Morgan fingerprint density at radius 3 is 2.21 bits per heavy atom. The summed E-state index contributed by atoms with van der Waals surface area (Å²) in [6.07, 6.45) is 1.55. The summed E-state index contributed by atoms with van der Waals surface area (Å²) in [6, 6.07) is 16.5. The Labute approximate surface area is 199 Å². The largest absolute Gasteiger partial charge is 0.382 e. The van der Waals surface area contributed by atoms with Crippen molar-refractivity contribution in [3.05, 3.63) is 66.4 Å². The van der Waals surface area contributed by atoms with Gasteiger partial charge in [-0.2, -0.15) is 0 Å². The Morgan fingerprint density at radius 2 is 1.59 bits per heavy atom. The van der Waals surface area contributed by atoms with Crippen LogP contribution in [-0.4, -0.2) is 47.8 Å². The molecule has 0 aliphatic carbocycles. The van der Waals surface area contributed by atoms with Crippen LogP contribution < -0.4 is 5.73 Å². The van der Waals surface area contributed by atoms with Crippen molar-refractivity contribution in [2.24, 2.45) is 0 Å². The molecule has 0 bridgehead atoms. The normalized spacial score (nSPS) is 11.9. The number of nitrogen functional groups attached to an aromatic ring is 1. The number of benzene rings is 2. The van der Waals surface area contributed by atoms with Gasteiger partial charge < -0.3 is 15.2 Å². The van der Waals surface area contributed by atoms with E-state index < -0.39 is 15.1 Å². The molecule has 9 heteroatoms. The molecule has 0 aliphatic heterocycles. The van der Waals surface area contributed by atoms with E-state index in [1.54, 1.807) is 50.4 Å². The quantitative estimate of drug-likeness (QED) is 0.419. The van der Waals surface area contributed by atoms with E-state index in [1.807, 2.05) is 26.2 Å². The van der Waals surface area contributed by atoms with Crippen molar-refractivity contribution >= 4 is 15.7 Å². The third kappa shape index (κ3) is 4.85. The molecule has 0 saturated carbocycles. The van der Waals surface area contributed by atoms with Crippen LogP contribution in [0.3, 0.4) is 0 Å². The van der Waals surface area contributed by atoms with Gasteiger partial charge in [0.1, 0.15) is 5.69 Å². The first-order chi connectivity index (χ1) is 16.1. The fourth-order valence-electron chi connectivity index (χ4n) is 3.48. The van der Waals surface area contributed by atoms with Gasteiger partial charge in [-0.05, 0) is 45.6 Å². The summed E-state index contributed by atoms with van der Waals surface area (Å²) in [5.41, 5.74) is 10.5. The molecule has 0 radical (unpaired) electrons. The van der Waals surface area contributed by atoms with E-state index in [-0.39, 0.29) is 10.7 Å². The van der Waals surface area contributed by atoms with E-state index in [2.05, 4.69) is 32.2 Å². The zero-order chi connectivity index (χ0) is 24.5. The SMILES string of the molecule is CC(C)S(=O)(=O)c1ccc(-c2cnc(N)c(-c3cc(-c4ccc(CN(C)C)cc4)no3)n2)cc1. The topological polar surface area (TPSA) is 115 Å². The molecule has 0 amide bonds. The minimum atomic E-state index is -3.35. The molecule has 0 unspecified atom stereocenters. The number of hydrogen-bond acceptors (Lipinski definition) is 8. The molecule has 2 aromatic carbocycles. The highest BCUT2D eigenvalue weighted by Crippen LogP contribution is 2.30. The summed E-state index contributed by atoms with van der Waals surface area (Å²) < 4.78 is 30.3. The van der Waals surface area contributed by atoms with Gasteiger partial charge >= 0.3 is 0 Å². The smallest absolute Gasteiger partial charge is 0.189 e. The van der Waals surface area contributed by atoms with Gasteiger partial charge in [-0.3, -0.25) is 0 Å². The molecule has 0 aliphatic rings. The van der Waals surface area contributed by atoms with E-state index in [1.165, 1.54) is 5.56 Å². The molecule has 176 valence electrons. The van der Waals surface area contributed by atoms with E-state index in [9.17, 15) is 8.42 Å². The molecular weight excluding hydrogens is 450 g/mol. The second-order valence-corrected chi connectivity index (χ2v) is 11.1. The van der Waals surface area contributed by atoms with Crippen LogP contribution >= 0.6 is 0 Å². The average molecular weight is 478 g/mol. The van der Waals surface area contributed by atoms with Gasteiger partial charge in [0, 0.05) is 23.7 Å². The van der Waals surface area contributed by atoms with Gasteiger partial charge in [-0.15, -0.1) is 0 Å². The standard InChI is InChI=1S/C25H27N5O3S/c1-16(2)34(31,32)20-11-9-19(10-12-20)22-14-27-25(26)24(28-22)23-13-21(29-33-23)18-7-5-17(6-8-18)15-30(3)4/h5-14,16H,15H2,1-4H3,(H2,26,27). The molecule has 0 saturated heterocycles. The summed E-state index contributed by atoms with van der Waals surface area (Å²) in [4.78, 5) is 11.2. The number of rotatable bonds is 7. The van der Waals surface area contributed by atoms with Gasteiger partial charge in [0.15, 0.2) is 27.1 Å². The van der Waals surface area contributed by atoms with Crippen molar-refractivity contribution in [3.8, 4) is 34.0 Å². The zero-order valence-corrected chi connectivity index (χ0v) is 20.4. The van der Waals surface area contributed by atoms with Crippen LogP contribution in [0.2, 0.25) is 0 Å². The highest BCUT2D eigenvalue weighted by atomic mass is 32.2. The highest BCUT2D eigenvalue weighted by Gasteiger charge is 2.20. The molecule has 4 rings (SSSR count). The molecule has 0 spiro atoms. The number of nitrogens with two attached hydrogens (primary N) is 1. The molecule has 2 heterocycles. The monoisotopic (exact) mass is 477 g/mol. The van der Waals surface area contributed by atoms with E-state index in [0.29, 0.717) is 28.4 Å². The second-order valence-electron chi connectivity index (χ2n) is 8.62. The highest BCUT2D eigenvalue weighted by molar-refractivity contribution is 7.92. The number of sulfone groups is 1. The maximum atomic E-state index is 12.4. The van der Waals surface area contributed by atoms with Crippen LogP contribution in [0.5, 0.6) is 0 Å². The first-order valence-corrected chi connectivity index (χ1v) is 12.4. The van der Waals surface area contributed by atoms with Crippen LogP contribution in [-0.2, 0) is 16.4 Å². The van der Waals surface area contributed by atoms with Crippen molar-refractivity contribution in [3.63, 3.8) is 0 Å². The minimum absolute atomic E-state index is 0.215. The lowest BCUT2D eigenvalue weighted by molar-refractivity contribution is 0.402. The van der Waals surface area contributed by atoms with Crippen molar-refractivity contribution in [2.75, 3.05) is 19.8 Å². The first kappa shape index (κ1) is 23.6. The fourth-order valence-corrected chi connectivity index (χ4v) is 4.54. The molecule has 2 N–H and O–H groups in total. The lowest BCUT2D eigenvalue weighted by Gasteiger charge is -2.09. The van der Waals surface area contributed by atoms with Crippen LogP contribution in [0.1, 0.15) is 19.4 Å². The summed E-state index contributed by atoms with van der Waals surface area (Å²) in [5, 5.41) is 3.68. The maximum absolute atomic E-state index is 12.4. The summed E-state index contributed by atoms with van der Waals surface area (Å²) in [7, 11) is 0.706. The predicted molar refractivity (Wildman–Crippen MR) is 133 cm³/mol. The zero-order valence-electron chi connectivity index (χ0n) is 19.6. The number of nitrogens with zero attached hydrogens (tertiary/aromatic N) is 4. The maximum Gasteiger partial charge on any atom is 0.189 e. The number of hydrogen-bond donors (Lipinski definition) is 1. The van der Waals surface area contributed by atoms with E-state index >= 15 is 0 Å². The molecule has 8 nitrogen and oxygen atoms in total. The van der Waals surface area contributed by atoms with Crippen LogP contribution in [0, 0.1) is 0 Å². The molecule has 0 atom stereocenters. The molecule has 2 aromatic heterocycles. The second kappa shape index (κ2) is 9.36. The number of aromatic nitrogens is 3. The molecular formula is C25H27N5O3S. The van der Waals surface area contributed by atoms with E-state index in [4.69, 9.17) is 10.3 Å². The lowest BCUT2D eigenvalue weighted by atomic mass is 10.1. The Hall–Kier alpha value is -3.56. The molecule has 4 aromatic rings. The Kier molecular flexibility index (Phi) is 6.49. The van der Waals surface area contributed by atoms with Crippen molar-refractivity contribution in [2.45, 2.75) is 30.5 Å². The van der Waals surface area contributed by atoms with Crippen molar-refractivity contribution in [1.29, 1.82) is 0 Å². The molecule has 0 fully saturated rings. The van der Waals surface area contributed by atoms with Crippen molar-refractivity contribution < 1.29 is 12.9 Å². The van der Waals surface area contributed by atoms with Gasteiger partial charge in [0.05, 0.1) is 22.0 Å². The molecule has 34 heavy (non-hydrogen) atoms. The third-order valence-corrected chi connectivity index (χ3v) is 7.56. The summed E-state index contributed by atoms with van der Waals surface area (Å²) >= 11 is 0. The van der Waals surface area contributed by atoms with Crippen molar-refractivity contribution in [1.82, 2.24) is 20.0 Å². The lowest BCUT2D eigenvalue weighted by Crippen LogP contribution is -2.13. The van der Waals surface area contributed by atoms with Gasteiger partial charge in [-0.25, -0.2) is 18.4 Å².